The minimum Gasteiger partial charge on any atom is -0.314 e. The highest BCUT2D eigenvalue weighted by atomic mass is 79.9. The molecule has 2 nitrogen and oxygen atoms in total. The second-order valence-electron chi connectivity index (χ2n) is 5.29. The molecular weight excluding hydrogens is 288 g/mol. The summed E-state index contributed by atoms with van der Waals surface area (Å²) in [5.74, 6) is 0.772. The molecule has 3 heteroatoms. The number of nitrogens with zero attached hydrogens (tertiary/aromatic N) is 1. The summed E-state index contributed by atoms with van der Waals surface area (Å²) in [4.78, 5) is 4.47. The van der Waals surface area contributed by atoms with Crippen LogP contribution in [0.3, 0.4) is 0 Å². The Hall–Kier alpha value is -0.410. The van der Waals surface area contributed by atoms with Crippen molar-refractivity contribution in [1.29, 1.82) is 0 Å². The molecule has 1 atom stereocenters. The number of rotatable bonds is 8. The predicted octanol–water partition coefficient (Wildman–Crippen LogP) is 4.19. The minimum absolute atomic E-state index is 0.557. The van der Waals surface area contributed by atoms with Crippen molar-refractivity contribution in [3.05, 3.63) is 28.5 Å². The van der Waals surface area contributed by atoms with Crippen molar-refractivity contribution >= 4 is 15.9 Å². The Morgan fingerprint density at radius 1 is 1.28 bits per heavy atom. The molecule has 1 aromatic heterocycles. The van der Waals surface area contributed by atoms with Crippen LogP contribution in [-0.4, -0.2) is 17.6 Å². The molecule has 0 fully saturated rings. The summed E-state index contributed by atoms with van der Waals surface area (Å²) in [6.07, 6.45) is 6.61. The first-order valence-electron chi connectivity index (χ1n) is 6.95. The molecule has 1 N–H and O–H groups in total. The van der Waals surface area contributed by atoms with Gasteiger partial charge in [-0.1, -0.05) is 20.8 Å². The van der Waals surface area contributed by atoms with Crippen molar-refractivity contribution in [3.63, 3.8) is 0 Å². The molecule has 0 aliphatic rings. The summed E-state index contributed by atoms with van der Waals surface area (Å²) in [6, 6.07) is 4.74. The fraction of sp³-hybridized carbons (Fsp3) is 0.667. The van der Waals surface area contributed by atoms with Gasteiger partial charge in [0.15, 0.2) is 0 Å². The molecule has 1 aromatic rings. The highest BCUT2D eigenvalue weighted by Gasteiger charge is 2.10. The summed E-state index contributed by atoms with van der Waals surface area (Å²) in [7, 11) is 0. The van der Waals surface area contributed by atoms with Crippen LogP contribution in [0.5, 0.6) is 0 Å². The van der Waals surface area contributed by atoms with Gasteiger partial charge in [-0.15, -0.1) is 0 Å². The number of aromatic nitrogens is 1. The average molecular weight is 313 g/mol. The molecule has 0 saturated carbocycles. The first kappa shape index (κ1) is 15.6. The van der Waals surface area contributed by atoms with Gasteiger partial charge in [0.1, 0.15) is 0 Å². The van der Waals surface area contributed by atoms with Crippen LogP contribution in [0.1, 0.15) is 45.7 Å². The molecule has 0 saturated heterocycles. The maximum Gasteiger partial charge on any atom is 0.0419 e. The summed E-state index contributed by atoms with van der Waals surface area (Å²) in [5.41, 5.74) is 1.18. The number of hydrogen-bond donors (Lipinski definition) is 1. The van der Waals surface area contributed by atoms with E-state index in [1.165, 1.54) is 25.0 Å². The van der Waals surface area contributed by atoms with Crippen molar-refractivity contribution in [2.45, 2.75) is 52.5 Å². The summed E-state index contributed by atoms with van der Waals surface area (Å²) in [5, 5.41) is 3.64. The Balaban J connectivity index is 2.50. The van der Waals surface area contributed by atoms with Crippen molar-refractivity contribution in [3.8, 4) is 0 Å². The molecule has 0 aliphatic heterocycles. The minimum atomic E-state index is 0.557. The molecule has 0 amide bonds. The van der Waals surface area contributed by atoms with Crippen LogP contribution < -0.4 is 5.32 Å². The first-order valence-corrected chi connectivity index (χ1v) is 7.75. The van der Waals surface area contributed by atoms with E-state index in [4.69, 9.17) is 0 Å². The summed E-state index contributed by atoms with van der Waals surface area (Å²) >= 11 is 3.43. The zero-order chi connectivity index (χ0) is 13.4. The van der Waals surface area contributed by atoms with Crippen LogP contribution in [0.15, 0.2) is 22.8 Å². The lowest BCUT2D eigenvalue weighted by molar-refractivity contribution is 0.425. The van der Waals surface area contributed by atoms with Crippen molar-refractivity contribution in [2.75, 3.05) is 6.54 Å². The van der Waals surface area contributed by atoms with E-state index >= 15 is 0 Å². The molecular formula is C15H25BrN2. The number of hydrogen-bond acceptors (Lipinski definition) is 2. The molecule has 0 spiro atoms. The Morgan fingerprint density at radius 2 is 2.06 bits per heavy atom. The van der Waals surface area contributed by atoms with E-state index in [0.717, 1.165) is 23.4 Å². The highest BCUT2D eigenvalue weighted by molar-refractivity contribution is 9.10. The van der Waals surface area contributed by atoms with Gasteiger partial charge in [-0.3, -0.25) is 4.98 Å². The standard InChI is InChI=1S/C15H25BrN2/c1-4-9-17-14(7-5-12(2)3)10-15-8-6-13(16)11-18-15/h6,8,11-12,14,17H,4-5,7,9-10H2,1-3H3. The Labute approximate surface area is 120 Å². The fourth-order valence-corrected chi connectivity index (χ4v) is 2.17. The van der Waals surface area contributed by atoms with E-state index in [1.807, 2.05) is 6.20 Å². The average Bonchev–Trinajstić information content (AvgIpc) is 2.35. The van der Waals surface area contributed by atoms with Crippen LogP contribution in [0.25, 0.3) is 0 Å². The maximum absolute atomic E-state index is 4.47. The maximum atomic E-state index is 4.47. The van der Waals surface area contributed by atoms with Crippen LogP contribution >= 0.6 is 15.9 Å². The van der Waals surface area contributed by atoms with Gasteiger partial charge in [-0.25, -0.2) is 0 Å². The van der Waals surface area contributed by atoms with Gasteiger partial charge in [-0.2, -0.15) is 0 Å². The van der Waals surface area contributed by atoms with Crippen molar-refractivity contribution in [1.82, 2.24) is 10.3 Å². The molecule has 1 heterocycles. The van der Waals surface area contributed by atoms with E-state index in [-0.39, 0.29) is 0 Å². The lowest BCUT2D eigenvalue weighted by Crippen LogP contribution is -2.32. The van der Waals surface area contributed by atoms with Crippen LogP contribution in [0, 0.1) is 5.92 Å². The SMILES string of the molecule is CCCNC(CCC(C)C)Cc1ccc(Br)cn1. The number of halogens is 1. The quantitative estimate of drug-likeness (QED) is 0.778. The fourth-order valence-electron chi connectivity index (χ4n) is 1.94. The Kier molecular flexibility index (Phi) is 7.52. The van der Waals surface area contributed by atoms with Gasteiger partial charge in [0, 0.05) is 28.8 Å². The van der Waals surface area contributed by atoms with Crippen LogP contribution in [0.2, 0.25) is 0 Å². The van der Waals surface area contributed by atoms with E-state index in [2.05, 4.69) is 59.1 Å². The largest absolute Gasteiger partial charge is 0.314 e. The first-order chi connectivity index (χ1) is 8.61. The Morgan fingerprint density at radius 3 is 2.61 bits per heavy atom. The molecule has 0 bridgehead atoms. The van der Waals surface area contributed by atoms with Crippen LogP contribution in [0.4, 0.5) is 0 Å². The van der Waals surface area contributed by atoms with Gasteiger partial charge < -0.3 is 5.32 Å². The predicted molar refractivity (Wildman–Crippen MR) is 81.8 cm³/mol. The topological polar surface area (TPSA) is 24.9 Å². The smallest absolute Gasteiger partial charge is 0.0419 e. The molecule has 1 unspecified atom stereocenters. The summed E-state index contributed by atoms with van der Waals surface area (Å²) < 4.78 is 1.05. The normalized spacial score (nSPS) is 12.9. The molecule has 0 aromatic carbocycles. The van der Waals surface area contributed by atoms with Gasteiger partial charge in [0.2, 0.25) is 0 Å². The monoisotopic (exact) mass is 312 g/mol. The van der Waals surface area contributed by atoms with Gasteiger partial charge >= 0.3 is 0 Å². The summed E-state index contributed by atoms with van der Waals surface area (Å²) in [6.45, 7) is 7.88. The lowest BCUT2D eigenvalue weighted by Gasteiger charge is -2.19. The van der Waals surface area contributed by atoms with Crippen LogP contribution in [-0.2, 0) is 6.42 Å². The van der Waals surface area contributed by atoms with Gasteiger partial charge in [-0.05, 0) is 59.8 Å². The zero-order valence-electron chi connectivity index (χ0n) is 11.7. The zero-order valence-corrected chi connectivity index (χ0v) is 13.3. The molecule has 1 rings (SSSR count). The highest BCUT2D eigenvalue weighted by Crippen LogP contribution is 2.13. The van der Waals surface area contributed by atoms with E-state index in [1.54, 1.807) is 0 Å². The van der Waals surface area contributed by atoms with E-state index in [9.17, 15) is 0 Å². The molecule has 102 valence electrons. The number of pyridine rings is 1. The lowest BCUT2D eigenvalue weighted by atomic mass is 9.99. The molecule has 0 radical (unpaired) electrons. The van der Waals surface area contributed by atoms with Crippen molar-refractivity contribution in [2.24, 2.45) is 5.92 Å². The number of nitrogens with one attached hydrogen (secondary N) is 1. The van der Waals surface area contributed by atoms with Gasteiger partial charge in [0.05, 0.1) is 0 Å². The second-order valence-corrected chi connectivity index (χ2v) is 6.21. The van der Waals surface area contributed by atoms with E-state index in [0.29, 0.717) is 6.04 Å². The Bertz CT molecular complexity index is 322. The van der Waals surface area contributed by atoms with Gasteiger partial charge in [0.25, 0.3) is 0 Å². The second kappa shape index (κ2) is 8.65. The van der Waals surface area contributed by atoms with E-state index < -0.39 is 0 Å². The molecule has 18 heavy (non-hydrogen) atoms. The third-order valence-corrected chi connectivity index (χ3v) is 3.49. The third kappa shape index (κ3) is 6.50. The van der Waals surface area contributed by atoms with Crippen molar-refractivity contribution < 1.29 is 0 Å². The third-order valence-electron chi connectivity index (χ3n) is 3.02. The molecule has 0 aliphatic carbocycles.